The summed E-state index contributed by atoms with van der Waals surface area (Å²) < 4.78 is 28.0. The summed E-state index contributed by atoms with van der Waals surface area (Å²) in [4.78, 5) is 22.2. The van der Waals surface area contributed by atoms with Crippen molar-refractivity contribution in [2.75, 3.05) is 19.6 Å². The third-order valence-corrected chi connectivity index (χ3v) is 1.77. The van der Waals surface area contributed by atoms with Crippen LogP contribution in [0.3, 0.4) is 0 Å². The molecule has 0 aromatic rings. The van der Waals surface area contributed by atoms with Crippen molar-refractivity contribution in [3.63, 3.8) is 0 Å². The summed E-state index contributed by atoms with van der Waals surface area (Å²) in [5.41, 5.74) is -0.579. The van der Waals surface area contributed by atoms with Crippen LogP contribution in [-0.4, -0.2) is 45.7 Å². The van der Waals surface area contributed by atoms with Crippen LogP contribution < -0.4 is 10.6 Å². The minimum Gasteiger partial charge on any atom is -0.444 e. The van der Waals surface area contributed by atoms with E-state index in [1.54, 1.807) is 20.8 Å². The van der Waals surface area contributed by atoms with E-state index in [1.165, 1.54) is 0 Å². The number of carbonyl (C=O) groups excluding carboxylic acids is 2. The van der Waals surface area contributed by atoms with Crippen LogP contribution in [0.25, 0.3) is 0 Å². The molecule has 0 aliphatic rings. The Morgan fingerprint density at radius 1 is 1.17 bits per heavy atom. The lowest BCUT2D eigenvalue weighted by atomic mass is 10.2. The fraction of sp³-hybridized carbons (Fsp3) is 0.778. The molecule has 8 nitrogen and oxygen atoms in total. The zero-order valence-electron chi connectivity index (χ0n) is 10.5. The number of carbonyl (C=O) groups is 2. The second-order valence-corrected chi connectivity index (χ2v) is 4.98. The minimum absolute atomic E-state index is 0.166. The molecule has 0 saturated carbocycles. The van der Waals surface area contributed by atoms with E-state index in [2.05, 4.69) is 15.0 Å². The van der Waals surface area contributed by atoms with E-state index < -0.39 is 34.6 Å². The minimum atomic E-state index is -2.59. The molecule has 0 bridgehead atoms. The summed E-state index contributed by atoms with van der Waals surface area (Å²) in [6, 6.07) is 0. The lowest BCUT2D eigenvalue weighted by Crippen LogP contribution is -2.38. The highest BCUT2D eigenvalue weighted by molar-refractivity contribution is 7.61. The normalized spacial score (nSPS) is 10.4. The maximum absolute atomic E-state index is 11.2. The van der Waals surface area contributed by atoms with Gasteiger partial charge in [-0.3, -0.25) is 4.79 Å². The Kier molecular flexibility index (Phi) is 6.94. The molecule has 0 spiro atoms. The topological polar surface area (TPSA) is 114 Å². The first-order chi connectivity index (χ1) is 8.20. The summed E-state index contributed by atoms with van der Waals surface area (Å²) in [6.07, 6.45) is -0.581. The van der Waals surface area contributed by atoms with Crippen LogP contribution in [0.2, 0.25) is 0 Å². The van der Waals surface area contributed by atoms with Crippen molar-refractivity contribution in [3.8, 4) is 0 Å². The average molecular weight is 279 g/mol. The fourth-order valence-corrected chi connectivity index (χ4v) is 1.07. The lowest BCUT2D eigenvalue weighted by Gasteiger charge is -2.19. The standard InChI is InChI=1S/C9H17N3O5S/c1-9(2,3)17-8(14)11-5-4-10-7(13)6-12-18(15)16/h4-6H2,1-3H3,(H,10,13)(H,11,14). The molecule has 0 heterocycles. The van der Waals surface area contributed by atoms with Crippen molar-refractivity contribution in [3.05, 3.63) is 0 Å². The molecule has 0 unspecified atom stereocenters. The highest BCUT2D eigenvalue weighted by Gasteiger charge is 2.15. The largest absolute Gasteiger partial charge is 0.444 e. The molecule has 0 radical (unpaired) electrons. The van der Waals surface area contributed by atoms with Crippen molar-refractivity contribution in [1.29, 1.82) is 0 Å². The molecule has 2 N–H and O–H groups in total. The molecule has 18 heavy (non-hydrogen) atoms. The summed E-state index contributed by atoms with van der Waals surface area (Å²) >= 11 is 0. The molecular weight excluding hydrogens is 262 g/mol. The van der Waals surface area contributed by atoms with E-state index in [-0.39, 0.29) is 13.1 Å². The number of rotatable bonds is 5. The van der Waals surface area contributed by atoms with Crippen LogP contribution in [0.1, 0.15) is 20.8 Å². The van der Waals surface area contributed by atoms with E-state index in [4.69, 9.17) is 4.74 Å². The number of ether oxygens (including phenoxy) is 1. The van der Waals surface area contributed by atoms with Gasteiger partial charge in [0.15, 0.2) is 0 Å². The third kappa shape index (κ3) is 10.9. The van der Waals surface area contributed by atoms with Crippen molar-refractivity contribution >= 4 is 22.5 Å². The summed E-state index contributed by atoms with van der Waals surface area (Å²) in [5, 5.41) is 4.81. The molecule has 0 aromatic heterocycles. The Labute approximate surface area is 107 Å². The lowest BCUT2D eigenvalue weighted by molar-refractivity contribution is -0.119. The number of hydrogen-bond donors (Lipinski definition) is 2. The number of alkyl carbamates (subject to hydrolysis) is 1. The summed E-state index contributed by atoms with van der Waals surface area (Å²) in [5.74, 6) is -0.537. The van der Waals surface area contributed by atoms with Gasteiger partial charge in [0, 0.05) is 13.1 Å². The first-order valence-electron chi connectivity index (χ1n) is 5.21. The number of nitrogens with one attached hydrogen (secondary N) is 2. The maximum atomic E-state index is 11.2. The third-order valence-electron chi connectivity index (χ3n) is 1.43. The summed E-state index contributed by atoms with van der Waals surface area (Å²) in [7, 11) is -2.59. The van der Waals surface area contributed by atoms with Gasteiger partial charge in [0.05, 0.1) is 0 Å². The van der Waals surface area contributed by atoms with E-state index in [1.807, 2.05) is 0 Å². The van der Waals surface area contributed by atoms with Gasteiger partial charge in [0.1, 0.15) is 12.1 Å². The van der Waals surface area contributed by atoms with Crippen LogP contribution >= 0.6 is 0 Å². The highest BCUT2D eigenvalue weighted by Crippen LogP contribution is 2.05. The quantitative estimate of drug-likeness (QED) is 0.670. The van der Waals surface area contributed by atoms with Gasteiger partial charge in [-0.15, -0.1) is 0 Å². The molecule has 0 aliphatic carbocycles. The smallest absolute Gasteiger partial charge is 0.407 e. The Bertz CT molecular complexity index is 416. The molecule has 104 valence electrons. The molecule has 0 saturated heterocycles. The predicted octanol–water partition coefficient (Wildman–Crippen LogP) is -0.310. The van der Waals surface area contributed by atoms with Crippen molar-refractivity contribution < 1.29 is 22.7 Å². The van der Waals surface area contributed by atoms with Crippen molar-refractivity contribution in [1.82, 2.24) is 10.6 Å². The monoisotopic (exact) mass is 279 g/mol. The van der Waals surface area contributed by atoms with Crippen LogP contribution in [-0.2, 0) is 20.0 Å². The van der Waals surface area contributed by atoms with Crippen LogP contribution in [0, 0.1) is 0 Å². The van der Waals surface area contributed by atoms with Crippen LogP contribution in [0.4, 0.5) is 4.79 Å². The van der Waals surface area contributed by atoms with Gasteiger partial charge in [-0.25, -0.2) is 4.79 Å². The summed E-state index contributed by atoms with van der Waals surface area (Å²) in [6.45, 7) is 5.10. The zero-order chi connectivity index (χ0) is 14.2. The molecule has 0 atom stereocenters. The Morgan fingerprint density at radius 2 is 1.72 bits per heavy atom. The van der Waals surface area contributed by atoms with E-state index in [9.17, 15) is 18.0 Å². The number of hydrogen-bond acceptors (Lipinski definition) is 6. The van der Waals surface area contributed by atoms with Gasteiger partial charge in [0.25, 0.3) is 0 Å². The zero-order valence-corrected chi connectivity index (χ0v) is 11.3. The molecular formula is C9H17N3O5S. The van der Waals surface area contributed by atoms with Crippen LogP contribution in [0.15, 0.2) is 4.36 Å². The number of amides is 2. The molecule has 0 rings (SSSR count). The van der Waals surface area contributed by atoms with Gasteiger partial charge in [-0.2, -0.15) is 12.8 Å². The van der Waals surface area contributed by atoms with E-state index in [0.29, 0.717) is 0 Å². The highest BCUT2D eigenvalue weighted by atomic mass is 32.2. The molecule has 2 amide bonds. The van der Waals surface area contributed by atoms with Gasteiger partial charge in [0.2, 0.25) is 5.91 Å². The van der Waals surface area contributed by atoms with E-state index >= 15 is 0 Å². The SMILES string of the molecule is CC(C)(C)OC(=O)NCCNC(=O)CN=S(=O)=O. The Balaban J connectivity index is 3.71. The Morgan fingerprint density at radius 3 is 2.22 bits per heavy atom. The van der Waals surface area contributed by atoms with Gasteiger partial charge in [-0.05, 0) is 20.8 Å². The van der Waals surface area contributed by atoms with E-state index in [0.717, 1.165) is 0 Å². The molecule has 0 aliphatic heterocycles. The molecule has 0 aromatic carbocycles. The predicted molar refractivity (Wildman–Crippen MR) is 63.5 cm³/mol. The Hall–Kier alpha value is -1.64. The maximum Gasteiger partial charge on any atom is 0.407 e. The van der Waals surface area contributed by atoms with Crippen molar-refractivity contribution in [2.24, 2.45) is 4.36 Å². The second-order valence-electron chi connectivity index (χ2n) is 4.28. The average Bonchev–Trinajstić information content (AvgIpc) is 2.19. The fourth-order valence-electron chi connectivity index (χ4n) is 0.848. The van der Waals surface area contributed by atoms with Crippen molar-refractivity contribution in [2.45, 2.75) is 26.4 Å². The van der Waals surface area contributed by atoms with Crippen LogP contribution in [0.5, 0.6) is 0 Å². The van der Waals surface area contributed by atoms with Gasteiger partial charge >= 0.3 is 16.6 Å². The number of nitrogens with zero attached hydrogens (tertiary/aromatic N) is 1. The second kappa shape index (κ2) is 7.64. The first kappa shape index (κ1) is 16.4. The molecule has 0 fully saturated rings. The first-order valence-corrected chi connectivity index (χ1v) is 6.24. The molecule has 9 heteroatoms. The van der Waals surface area contributed by atoms with Gasteiger partial charge in [-0.1, -0.05) is 0 Å². The van der Waals surface area contributed by atoms with Gasteiger partial charge < -0.3 is 15.4 Å².